The van der Waals surface area contributed by atoms with Gasteiger partial charge in [0.2, 0.25) is 0 Å². The van der Waals surface area contributed by atoms with Crippen molar-refractivity contribution in [3.05, 3.63) is 57.3 Å². The molecule has 0 spiro atoms. The van der Waals surface area contributed by atoms with Crippen LogP contribution in [-0.2, 0) is 5.75 Å². The van der Waals surface area contributed by atoms with Crippen LogP contribution in [0.4, 0.5) is 0 Å². The van der Waals surface area contributed by atoms with Crippen LogP contribution in [-0.4, -0.2) is 4.98 Å². The Balaban J connectivity index is 2.09. The molecule has 1 aromatic carbocycles. The first-order valence-corrected chi connectivity index (χ1v) is 6.96. The lowest BCUT2D eigenvalue weighted by atomic mass is 10.4. The molecule has 1 heterocycles. The van der Waals surface area contributed by atoms with E-state index in [2.05, 4.69) is 4.98 Å². The highest BCUT2D eigenvalue weighted by molar-refractivity contribution is 7.98. The number of hydrogen-bond donors (Lipinski definition) is 0. The van der Waals surface area contributed by atoms with Crippen LogP contribution in [0.25, 0.3) is 0 Å². The monoisotopic (exact) mass is 303 g/mol. The van der Waals surface area contributed by atoms with Crippen molar-refractivity contribution in [3.63, 3.8) is 0 Å². The number of aromatic nitrogens is 1. The van der Waals surface area contributed by atoms with Crippen LogP contribution in [0.15, 0.2) is 41.3 Å². The molecule has 0 radical (unpaired) electrons. The third-order valence-corrected chi connectivity index (χ3v) is 3.85. The fourth-order valence-electron chi connectivity index (χ4n) is 1.27. The second-order valence-electron chi connectivity index (χ2n) is 3.31. The van der Waals surface area contributed by atoms with Crippen molar-refractivity contribution in [1.82, 2.24) is 4.98 Å². The lowest BCUT2D eigenvalue weighted by molar-refractivity contribution is 1.17. The third-order valence-electron chi connectivity index (χ3n) is 2.06. The Kier molecular flexibility index (Phi) is 4.57. The van der Waals surface area contributed by atoms with Gasteiger partial charge in [-0.15, -0.1) is 11.8 Å². The first-order valence-electron chi connectivity index (χ1n) is 4.84. The van der Waals surface area contributed by atoms with Crippen LogP contribution < -0.4 is 0 Å². The van der Waals surface area contributed by atoms with Crippen molar-refractivity contribution in [1.29, 1.82) is 0 Å². The normalized spacial score (nSPS) is 10.5. The summed E-state index contributed by atoms with van der Waals surface area (Å²) in [7, 11) is 0. The Labute approximate surface area is 119 Å². The molecular weight excluding hydrogens is 297 g/mol. The van der Waals surface area contributed by atoms with E-state index in [0.717, 1.165) is 15.6 Å². The van der Waals surface area contributed by atoms with E-state index in [1.165, 1.54) is 0 Å². The highest BCUT2D eigenvalue weighted by atomic mass is 35.5. The van der Waals surface area contributed by atoms with Gasteiger partial charge in [-0.2, -0.15) is 0 Å². The van der Waals surface area contributed by atoms with E-state index in [0.29, 0.717) is 15.9 Å². The first-order chi connectivity index (χ1) is 8.15. The molecule has 0 unspecified atom stereocenters. The Morgan fingerprint density at radius 2 is 1.88 bits per heavy atom. The quantitative estimate of drug-likeness (QED) is 0.561. The van der Waals surface area contributed by atoms with Crippen LogP contribution in [0.1, 0.15) is 5.69 Å². The summed E-state index contributed by atoms with van der Waals surface area (Å²) in [6, 6.07) is 11.1. The highest BCUT2D eigenvalue weighted by Crippen LogP contribution is 2.27. The summed E-state index contributed by atoms with van der Waals surface area (Å²) in [5.41, 5.74) is 0.782. The molecule has 0 aliphatic heterocycles. The number of thioether (sulfide) groups is 1. The van der Waals surface area contributed by atoms with E-state index in [4.69, 9.17) is 34.8 Å². The van der Waals surface area contributed by atoms with Crippen molar-refractivity contribution in [3.8, 4) is 0 Å². The van der Waals surface area contributed by atoms with Gasteiger partial charge in [0.15, 0.2) is 0 Å². The molecule has 0 fully saturated rings. The summed E-state index contributed by atoms with van der Waals surface area (Å²) in [4.78, 5) is 5.27. The number of benzene rings is 1. The molecule has 0 N–H and O–H groups in total. The van der Waals surface area contributed by atoms with Gasteiger partial charge in [0.1, 0.15) is 5.15 Å². The van der Waals surface area contributed by atoms with Crippen molar-refractivity contribution in [2.75, 3.05) is 0 Å². The van der Waals surface area contributed by atoms with Gasteiger partial charge in [-0.1, -0.05) is 40.9 Å². The largest absolute Gasteiger partial charge is 0.239 e. The van der Waals surface area contributed by atoms with Crippen LogP contribution in [0.2, 0.25) is 15.2 Å². The van der Waals surface area contributed by atoms with E-state index in [1.54, 1.807) is 23.9 Å². The van der Waals surface area contributed by atoms with Gasteiger partial charge in [-0.05, 0) is 30.3 Å². The molecule has 1 nitrogen and oxygen atoms in total. The van der Waals surface area contributed by atoms with Crippen LogP contribution >= 0.6 is 46.6 Å². The minimum Gasteiger partial charge on any atom is -0.239 e. The van der Waals surface area contributed by atoms with Gasteiger partial charge in [0, 0.05) is 15.7 Å². The molecule has 0 bridgehead atoms. The molecular formula is C12H8Cl3NS. The van der Waals surface area contributed by atoms with Gasteiger partial charge in [0.05, 0.1) is 10.7 Å². The predicted octanol–water partition coefficient (Wildman–Crippen LogP) is 5.33. The van der Waals surface area contributed by atoms with Gasteiger partial charge >= 0.3 is 0 Å². The molecule has 2 aromatic rings. The van der Waals surface area contributed by atoms with Crippen LogP contribution in [0, 0.1) is 0 Å². The summed E-state index contributed by atoms with van der Waals surface area (Å²) in [5, 5.41) is 1.81. The molecule has 2 rings (SSSR count). The molecule has 0 aliphatic rings. The fourth-order valence-corrected chi connectivity index (χ4v) is 2.85. The standard InChI is InChI=1S/C12H8Cl3NS/c13-8-2-1-3-9(6-8)17-7-11-10(14)4-5-12(15)16-11/h1-6H,7H2. The zero-order valence-corrected chi connectivity index (χ0v) is 11.7. The van der Waals surface area contributed by atoms with Crippen molar-refractivity contribution >= 4 is 46.6 Å². The average Bonchev–Trinajstić information content (AvgIpc) is 2.30. The van der Waals surface area contributed by atoms with E-state index in [-0.39, 0.29) is 0 Å². The van der Waals surface area contributed by atoms with Crippen LogP contribution in [0.5, 0.6) is 0 Å². The molecule has 5 heteroatoms. The number of pyridine rings is 1. The molecule has 17 heavy (non-hydrogen) atoms. The summed E-state index contributed by atoms with van der Waals surface area (Å²) in [6.07, 6.45) is 0. The van der Waals surface area contributed by atoms with Crippen LogP contribution in [0.3, 0.4) is 0 Å². The first kappa shape index (κ1) is 13.0. The topological polar surface area (TPSA) is 12.9 Å². The molecule has 0 amide bonds. The second-order valence-corrected chi connectivity index (χ2v) is 5.59. The zero-order chi connectivity index (χ0) is 12.3. The van der Waals surface area contributed by atoms with E-state index >= 15 is 0 Å². The summed E-state index contributed by atoms with van der Waals surface area (Å²) >= 11 is 19.4. The molecule has 1 aromatic heterocycles. The number of halogens is 3. The van der Waals surface area contributed by atoms with Crippen molar-refractivity contribution in [2.45, 2.75) is 10.6 Å². The molecule has 0 atom stereocenters. The average molecular weight is 305 g/mol. The van der Waals surface area contributed by atoms with Crippen molar-refractivity contribution in [2.24, 2.45) is 0 Å². The number of hydrogen-bond acceptors (Lipinski definition) is 2. The summed E-state index contributed by atoms with van der Waals surface area (Å²) in [5.74, 6) is 0.666. The van der Waals surface area contributed by atoms with Crippen molar-refractivity contribution < 1.29 is 0 Å². The van der Waals surface area contributed by atoms with Gasteiger partial charge in [-0.3, -0.25) is 0 Å². The Morgan fingerprint density at radius 1 is 1.06 bits per heavy atom. The van der Waals surface area contributed by atoms with Gasteiger partial charge in [-0.25, -0.2) is 4.98 Å². The predicted molar refractivity (Wildman–Crippen MR) is 75.3 cm³/mol. The number of nitrogens with zero attached hydrogens (tertiary/aromatic N) is 1. The Bertz CT molecular complexity index is 531. The molecule has 0 saturated carbocycles. The minimum absolute atomic E-state index is 0.455. The maximum absolute atomic E-state index is 6.03. The third kappa shape index (κ3) is 3.78. The maximum Gasteiger partial charge on any atom is 0.129 e. The highest BCUT2D eigenvalue weighted by Gasteiger charge is 2.04. The van der Waals surface area contributed by atoms with E-state index in [1.807, 2.05) is 24.3 Å². The summed E-state index contributed by atoms with van der Waals surface area (Å²) < 4.78 is 0. The Hall–Kier alpha value is -0.410. The van der Waals surface area contributed by atoms with Gasteiger partial charge in [0.25, 0.3) is 0 Å². The molecule has 0 saturated heterocycles. The Morgan fingerprint density at radius 3 is 2.65 bits per heavy atom. The lowest BCUT2D eigenvalue weighted by Gasteiger charge is -2.04. The lowest BCUT2D eigenvalue weighted by Crippen LogP contribution is -1.88. The molecule has 88 valence electrons. The smallest absolute Gasteiger partial charge is 0.129 e. The fraction of sp³-hybridized carbons (Fsp3) is 0.0833. The maximum atomic E-state index is 6.03. The van der Waals surface area contributed by atoms with E-state index < -0.39 is 0 Å². The summed E-state index contributed by atoms with van der Waals surface area (Å²) in [6.45, 7) is 0. The van der Waals surface area contributed by atoms with E-state index in [9.17, 15) is 0 Å². The minimum atomic E-state index is 0.455. The van der Waals surface area contributed by atoms with Gasteiger partial charge < -0.3 is 0 Å². The SMILES string of the molecule is Clc1cccc(SCc2nc(Cl)ccc2Cl)c1. The zero-order valence-electron chi connectivity index (χ0n) is 8.66. The molecule has 0 aliphatic carbocycles. The second kappa shape index (κ2) is 5.96. The number of rotatable bonds is 3.